The van der Waals surface area contributed by atoms with E-state index in [9.17, 15) is 14.4 Å². The summed E-state index contributed by atoms with van der Waals surface area (Å²) >= 11 is 0. The quantitative estimate of drug-likeness (QED) is 0.0262. The van der Waals surface area contributed by atoms with Gasteiger partial charge in [-0.15, -0.1) is 0 Å². The molecule has 0 amide bonds. The number of rotatable bonds is 47. The molecule has 0 rings (SSSR count). The third kappa shape index (κ3) is 55.6. The second-order valence-corrected chi connectivity index (χ2v) is 17.3. The SMILES string of the molecule is CC/C=C\C/C=C\C/C=C\C/C=C\C/C=C\C/C=C\C/C=C\CCCCCC(=O)OCC(COC(=O)CCCCC/C=C\C/C=C\C/C=C\CC)OC(=O)CCCC/C=C\C/C=C\C/C=C\C/C=C\CC. The van der Waals surface area contributed by atoms with Gasteiger partial charge in [0.1, 0.15) is 13.2 Å². The lowest BCUT2D eigenvalue weighted by molar-refractivity contribution is -0.167. The molecule has 0 aliphatic rings. The molecule has 6 heteroatoms. The molecule has 0 aromatic rings. The molecule has 71 heavy (non-hydrogen) atoms. The van der Waals surface area contributed by atoms with Crippen LogP contribution < -0.4 is 0 Å². The van der Waals surface area contributed by atoms with Crippen LogP contribution in [0.3, 0.4) is 0 Å². The molecule has 6 nitrogen and oxygen atoms in total. The zero-order valence-corrected chi connectivity index (χ0v) is 44.9. The monoisotopic (exact) mass is 975 g/mol. The van der Waals surface area contributed by atoms with E-state index >= 15 is 0 Å². The van der Waals surface area contributed by atoms with E-state index in [1.165, 1.54) is 0 Å². The molecule has 0 N–H and O–H groups in total. The van der Waals surface area contributed by atoms with Crippen LogP contribution in [0.1, 0.15) is 201 Å². The number of allylic oxidation sites excluding steroid dienone is 28. The van der Waals surface area contributed by atoms with Crippen LogP contribution in [0.2, 0.25) is 0 Å². The van der Waals surface area contributed by atoms with Crippen molar-refractivity contribution in [3.8, 4) is 0 Å². The summed E-state index contributed by atoms with van der Waals surface area (Å²) in [6.45, 7) is 6.17. The Kier molecular flexibility index (Phi) is 53.1. The molecule has 0 bridgehead atoms. The van der Waals surface area contributed by atoms with Gasteiger partial charge in [0.2, 0.25) is 0 Å². The molecule has 1 unspecified atom stereocenters. The van der Waals surface area contributed by atoms with Gasteiger partial charge in [0.15, 0.2) is 6.10 Å². The lowest BCUT2D eigenvalue weighted by Crippen LogP contribution is -2.30. The summed E-state index contributed by atoms with van der Waals surface area (Å²) in [6, 6.07) is 0. The van der Waals surface area contributed by atoms with E-state index in [4.69, 9.17) is 14.2 Å². The van der Waals surface area contributed by atoms with Gasteiger partial charge in [0, 0.05) is 19.3 Å². The van der Waals surface area contributed by atoms with Gasteiger partial charge in [-0.2, -0.15) is 0 Å². The minimum atomic E-state index is -0.835. The summed E-state index contributed by atoms with van der Waals surface area (Å²) in [5.74, 6) is -1.05. The van der Waals surface area contributed by atoms with Crippen molar-refractivity contribution in [1.29, 1.82) is 0 Å². The van der Waals surface area contributed by atoms with E-state index in [-0.39, 0.29) is 37.5 Å². The van der Waals surface area contributed by atoms with Crippen LogP contribution in [0.5, 0.6) is 0 Å². The molecule has 0 aliphatic carbocycles. The first-order chi connectivity index (χ1) is 35.0. The number of ether oxygens (including phenoxy) is 3. The maximum absolute atomic E-state index is 12.8. The van der Waals surface area contributed by atoms with Crippen LogP contribution in [0.25, 0.3) is 0 Å². The van der Waals surface area contributed by atoms with Gasteiger partial charge in [-0.05, 0) is 148 Å². The lowest BCUT2D eigenvalue weighted by atomic mass is 10.1. The molecular weight excluding hydrogens is 877 g/mol. The number of carbonyl (C=O) groups is 3. The third-order valence-electron chi connectivity index (χ3n) is 10.7. The highest BCUT2D eigenvalue weighted by Crippen LogP contribution is 2.11. The smallest absolute Gasteiger partial charge is 0.306 e. The Labute approximate surface area is 434 Å². The zero-order chi connectivity index (χ0) is 51.4. The number of hydrogen-bond acceptors (Lipinski definition) is 6. The largest absolute Gasteiger partial charge is 0.462 e. The average Bonchev–Trinajstić information content (AvgIpc) is 3.37. The Morgan fingerprint density at radius 3 is 0.789 bits per heavy atom. The van der Waals surface area contributed by atoms with Crippen molar-refractivity contribution in [3.63, 3.8) is 0 Å². The molecule has 0 spiro atoms. The Morgan fingerprint density at radius 2 is 0.507 bits per heavy atom. The summed E-state index contributed by atoms with van der Waals surface area (Å²) in [4.78, 5) is 38.1. The summed E-state index contributed by atoms with van der Waals surface area (Å²) < 4.78 is 16.7. The van der Waals surface area contributed by atoms with E-state index < -0.39 is 6.10 Å². The fourth-order valence-corrected chi connectivity index (χ4v) is 6.66. The van der Waals surface area contributed by atoms with Gasteiger partial charge < -0.3 is 14.2 Å². The Bertz CT molecular complexity index is 1690. The molecule has 0 aliphatic heterocycles. The van der Waals surface area contributed by atoms with Gasteiger partial charge in [-0.1, -0.05) is 204 Å². The topological polar surface area (TPSA) is 78.9 Å². The van der Waals surface area contributed by atoms with E-state index in [2.05, 4.69) is 191 Å². The van der Waals surface area contributed by atoms with E-state index in [0.717, 1.165) is 154 Å². The fraction of sp³-hybridized carbons (Fsp3) is 0.523. The molecule has 0 fully saturated rings. The van der Waals surface area contributed by atoms with Crippen molar-refractivity contribution in [2.24, 2.45) is 0 Å². The first-order valence-electron chi connectivity index (χ1n) is 27.6. The first-order valence-corrected chi connectivity index (χ1v) is 27.6. The third-order valence-corrected chi connectivity index (χ3v) is 10.7. The minimum Gasteiger partial charge on any atom is -0.462 e. The minimum absolute atomic E-state index is 0.130. The average molecular weight is 975 g/mol. The van der Waals surface area contributed by atoms with Crippen LogP contribution >= 0.6 is 0 Å². The Balaban J connectivity index is 4.53. The van der Waals surface area contributed by atoms with Gasteiger partial charge in [-0.25, -0.2) is 0 Å². The Hall–Kier alpha value is -5.23. The molecule has 1 atom stereocenters. The second-order valence-electron chi connectivity index (χ2n) is 17.3. The first kappa shape index (κ1) is 65.8. The fourth-order valence-electron chi connectivity index (χ4n) is 6.66. The molecule has 394 valence electrons. The molecular formula is C65H98O6. The van der Waals surface area contributed by atoms with Crippen molar-refractivity contribution in [2.45, 2.75) is 207 Å². The van der Waals surface area contributed by atoms with Gasteiger partial charge in [0.25, 0.3) is 0 Å². The van der Waals surface area contributed by atoms with Crippen LogP contribution in [-0.4, -0.2) is 37.2 Å². The number of unbranched alkanes of at least 4 members (excludes halogenated alkanes) is 8. The maximum Gasteiger partial charge on any atom is 0.306 e. The highest BCUT2D eigenvalue weighted by molar-refractivity contribution is 5.71. The van der Waals surface area contributed by atoms with Crippen molar-refractivity contribution in [3.05, 3.63) is 170 Å². The number of carbonyl (C=O) groups excluding carboxylic acids is 3. The molecule has 0 saturated heterocycles. The highest BCUT2D eigenvalue weighted by Gasteiger charge is 2.19. The van der Waals surface area contributed by atoms with Crippen LogP contribution in [-0.2, 0) is 28.6 Å². The van der Waals surface area contributed by atoms with E-state index in [1.807, 2.05) is 0 Å². The predicted octanol–water partition coefficient (Wildman–Crippen LogP) is 18.8. The summed E-state index contributed by atoms with van der Waals surface area (Å²) in [7, 11) is 0. The molecule has 0 aromatic heterocycles. The lowest BCUT2D eigenvalue weighted by Gasteiger charge is -2.18. The van der Waals surface area contributed by atoms with Crippen LogP contribution in [0, 0.1) is 0 Å². The van der Waals surface area contributed by atoms with Crippen molar-refractivity contribution >= 4 is 17.9 Å². The van der Waals surface area contributed by atoms with Crippen LogP contribution in [0.4, 0.5) is 0 Å². The van der Waals surface area contributed by atoms with Crippen molar-refractivity contribution < 1.29 is 28.6 Å². The number of esters is 3. The van der Waals surface area contributed by atoms with Crippen molar-refractivity contribution in [1.82, 2.24) is 0 Å². The standard InChI is InChI=1S/C65H98O6/c1-4-7-10-13-16-19-22-25-27-28-29-30-31-32-33-34-35-36-38-40-43-46-49-52-55-58-64(67)70-61-62(60-69-63(66)57-54-51-48-45-42-39-24-21-18-15-12-9-6-3)71-65(68)59-56-53-50-47-44-41-37-26-23-20-17-14-11-8-5-2/h7-12,16-21,25-27,29-30,32-33,35-37,39-40,42-44,47,62H,4-6,13-15,22-24,28,31,34,38,41,45-46,48-61H2,1-3H3/b10-7-,11-8-,12-9-,19-16-,20-17-,21-18-,27-25-,30-29-,33-32-,36-35-,37-26-,42-39-,43-40-,47-44-. The molecule has 0 aromatic carbocycles. The molecule has 0 heterocycles. The normalized spacial score (nSPS) is 13.5. The van der Waals surface area contributed by atoms with Crippen molar-refractivity contribution in [2.75, 3.05) is 13.2 Å². The summed E-state index contributed by atoms with van der Waals surface area (Å²) in [5, 5.41) is 0. The maximum atomic E-state index is 12.8. The zero-order valence-electron chi connectivity index (χ0n) is 44.9. The molecule has 0 saturated carbocycles. The summed E-state index contributed by atoms with van der Waals surface area (Å²) in [6.07, 6.45) is 84.9. The Morgan fingerprint density at radius 1 is 0.282 bits per heavy atom. The molecule has 0 radical (unpaired) electrons. The van der Waals surface area contributed by atoms with Gasteiger partial charge in [0.05, 0.1) is 0 Å². The van der Waals surface area contributed by atoms with Crippen LogP contribution in [0.15, 0.2) is 170 Å². The predicted molar refractivity (Wildman–Crippen MR) is 306 cm³/mol. The second kappa shape index (κ2) is 57.3. The van der Waals surface area contributed by atoms with Gasteiger partial charge in [-0.3, -0.25) is 14.4 Å². The van der Waals surface area contributed by atoms with Gasteiger partial charge >= 0.3 is 17.9 Å². The van der Waals surface area contributed by atoms with E-state index in [0.29, 0.717) is 19.3 Å². The summed E-state index contributed by atoms with van der Waals surface area (Å²) in [5.41, 5.74) is 0. The number of hydrogen-bond donors (Lipinski definition) is 0. The van der Waals surface area contributed by atoms with E-state index in [1.54, 1.807) is 0 Å². The highest BCUT2D eigenvalue weighted by atomic mass is 16.6.